The smallest absolute Gasteiger partial charge is 0.256 e. The van der Waals surface area contributed by atoms with E-state index in [0.29, 0.717) is 38.9 Å². The monoisotopic (exact) mass is 384 g/mol. The minimum absolute atomic E-state index is 0.139. The molecule has 0 aromatic heterocycles. The molecule has 0 aliphatic carbocycles. The quantitative estimate of drug-likeness (QED) is 0.809. The Balaban J connectivity index is 1.48. The first kappa shape index (κ1) is 18.6. The van der Waals surface area contributed by atoms with Gasteiger partial charge in [0.15, 0.2) is 0 Å². The van der Waals surface area contributed by atoms with Gasteiger partial charge in [0.05, 0.1) is 5.56 Å². The first-order valence-corrected chi connectivity index (χ1v) is 9.57. The second-order valence-corrected chi connectivity index (χ2v) is 7.61. The number of carbonyl (C=O) groups is 2. The molecule has 2 amide bonds. The van der Waals surface area contributed by atoms with E-state index >= 15 is 0 Å². The highest BCUT2D eigenvalue weighted by molar-refractivity contribution is 5.94. The highest BCUT2D eigenvalue weighted by Crippen LogP contribution is 2.40. The molecular formula is C22H22F2N2O2. The van der Waals surface area contributed by atoms with Gasteiger partial charge in [-0.25, -0.2) is 8.78 Å². The standard InChI is InChI=1S/C22H22F2N2O2/c23-17-6-7-19(24)18(14-17)21(28)25-12-10-22(11-13-25)9-8-20(27)26(22)15-16-4-2-1-3-5-16/h1-7,14H,8-13,15H2. The molecule has 4 rings (SSSR count). The lowest BCUT2D eigenvalue weighted by Gasteiger charge is -2.45. The molecule has 6 heteroatoms. The number of hydrogen-bond acceptors (Lipinski definition) is 2. The summed E-state index contributed by atoms with van der Waals surface area (Å²) in [6.07, 6.45) is 2.58. The maximum absolute atomic E-state index is 14.0. The lowest BCUT2D eigenvalue weighted by molar-refractivity contribution is -0.133. The highest BCUT2D eigenvalue weighted by atomic mass is 19.1. The number of nitrogens with zero attached hydrogens (tertiary/aromatic N) is 2. The van der Waals surface area contributed by atoms with Gasteiger partial charge in [-0.3, -0.25) is 9.59 Å². The second-order valence-electron chi connectivity index (χ2n) is 7.61. The Morgan fingerprint density at radius 3 is 2.43 bits per heavy atom. The van der Waals surface area contributed by atoms with Crippen molar-refractivity contribution in [2.75, 3.05) is 13.1 Å². The van der Waals surface area contributed by atoms with Crippen molar-refractivity contribution in [2.45, 2.75) is 37.8 Å². The van der Waals surface area contributed by atoms with Gasteiger partial charge in [-0.2, -0.15) is 0 Å². The van der Waals surface area contributed by atoms with Crippen molar-refractivity contribution in [1.82, 2.24) is 9.80 Å². The van der Waals surface area contributed by atoms with Crippen molar-refractivity contribution in [3.63, 3.8) is 0 Å². The third-order valence-corrected chi connectivity index (χ3v) is 6.00. The average Bonchev–Trinajstić information content (AvgIpc) is 3.00. The van der Waals surface area contributed by atoms with Crippen LogP contribution in [0.1, 0.15) is 41.6 Å². The normalized spacial score (nSPS) is 18.7. The van der Waals surface area contributed by atoms with E-state index in [4.69, 9.17) is 0 Å². The molecular weight excluding hydrogens is 362 g/mol. The predicted octanol–water partition coefficient (Wildman–Crippen LogP) is 3.76. The molecule has 2 fully saturated rings. The van der Waals surface area contributed by atoms with Crippen LogP contribution in [-0.4, -0.2) is 40.2 Å². The van der Waals surface area contributed by atoms with Crippen LogP contribution in [0.4, 0.5) is 8.78 Å². The molecule has 1 spiro atoms. The first-order valence-electron chi connectivity index (χ1n) is 9.57. The predicted molar refractivity (Wildman–Crippen MR) is 100 cm³/mol. The van der Waals surface area contributed by atoms with E-state index in [9.17, 15) is 18.4 Å². The molecule has 28 heavy (non-hydrogen) atoms. The third kappa shape index (κ3) is 3.39. The highest BCUT2D eigenvalue weighted by Gasteiger charge is 2.47. The van der Waals surface area contributed by atoms with Crippen molar-refractivity contribution in [1.29, 1.82) is 0 Å². The summed E-state index contributed by atoms with van der Waals surface area (Å²) in [5.41, 5.74) is 0.585. The van der Waals surface area contributed by atoms with Crippen molar-refractivity contribution in [2.24, 2.45) is 0 Å². The summed E-state index contributed by atoms with van der Waals surface area (Å²) in [6.45, 7) is 1.41. The molecule has 0 radical (unpaired) electrons. The molecule has 2 aliphatic heterocycles. The van der Waals surface area contributed by atoms with Gasteiger partial charge in [0.2, 0.25) is 5.91 Å². The van der Waals surface area contributed by atoms with E-state index in [1.807, 2.05) is 35.2 Å². The Bertz CT molecular complexity index is 893. The molecule has 4 nitrogen and oxygen atoms in total. The number of amides is 2. The summed E-state index contributed by atoms with van der Waals surface area (Å²) in [4.78, 5) is 28.7. The van der Waals surface area contributed by atoms with Gasteiger partial charge in [-0.15, -0.1) is 0 Å². The maximum Gasteiger partial charge on any atom is 0.256 e. The fourth-order valence-electron chi connectivity index (χ4n) is 4.37. The Morgan fingerprint density at radius 1 is 1.00 bits per heavy atom. The van der Waals surface area contributed by atoms with E-state index in [2.05, 4.69) is 0 Å². The zero-order valence-electron chi connectivity index (χ0n) is 15.5. The molecule has 2 heterocycles. The average molecular weight is 384 g/mol. The number of benzene rings is 2. The third-order valence-electron chi connectivity index (χ3n) is 6.00. The van der Waals surface area contributed by atoms with Crippen LogP contribution in [0.25, 0.3) is 0 Å². The molecule has 0 bridgehead atoms. The molecule has 2 aromatic carbocycles. The van der Waals surface area contributed by atoms with Crippen LogP contribution >= 0.6 is 0 Å². The fraction of sp³-hybridized carbons (Fsp3) is 0.364. The molecule has 2 saturated heterocycles. The maximum atomic E-state index is 14.0. The zero-order chi connectivity index (χ0) is 19.7. The fourth-order valence-corrected chi connectivity index (χ4v) is 4.37. The number of carbonyl (C=O) groups excluding carboxylic acids is 2. The molecule has 0 N–H and O–H groups in total. The summed E-state index contributed by atoms with van der Waals surface area (Å²) in [5, 5.41) is 0. The van der Waals surface area contributed by atoms with Gasteiger partial charge in [0.1, 0.15) is 11.6 Å². The lowest BCUT2D eigenvalue weighted by atomic mass is 9.84. The topological polar surface area (TPSA) is 40.6 Å². The van der Waals surface area contributed by atoms with E-state index in [1.165, 1.54) is 0 Å². The van der Waals surface area contributed by atoms with E-state index in [0.717, 1.165) is 30.2 Å². The minimum atomic E-state index is -0.714. The van der Waals surface area contributed by atoms with Crippen molar-refractivity contribution >= 4 is 11.8 Å². The molecule has 2 aliphatic rings. The SMILES string of the molecule is O=C(c1cc(F)ccc1F)N1CCC2(CCC(=O)N2Cc2ccccc2)CC1. The van der Waals surface area contributed by atoms with Crippen LogP contribution in [-0.2, 0) is 11.3 Å². The molecule has 146 valence electrons. The van der Waals surface area contributed by atoms with E-state index in [1.54, 1.807) is 4.90 Å². The van der Waals surface area contributed by atoms with Crippen LogP contribution in [0.2, 0.25) is 0 Å². The summed E-state index contributed by atoms with van der Waals surface area (Å²) >= 11 is 0. The van der Waals surface area contributed by atoms with Crippen LogP contribution < -0.4 is 0 Å². The Morgan fingerprint density at radius 2 is 1.71 bits per heavy atom. The lowest BCUT2D eigenvalue weighted by Crippen LogP contribution is -2.53. The van der Waals surface area contributed by atoms with Gasteiger partial charge in [-0.05, 0) is 43.0 Å². The Hall–Kier alpha value is -2.76. The van der Waals surface area contributed by atoms with Gasteiger partial charge >= 0.3 is 0 Å². The number of rotatable bonds is 3. The molecule has 0 unspecified atom stereocenters. The number of piperidine rings is 1. The Labute approximate surface area is 162 Å². The molecule has 0 atom stereocenters. The van der Waals surface area contributed by atoms with Crippen molar-refractivity contribution in [3.8, 4) is 0 Å². The van der Waals surface area contributed by atoms with Crippen LogP contribution in [0.3, 0.4) is 0 Å². The molecule has 0 saturated carbocycles. The number of halogens is 2. The zero-order valence-corrected chi connectivity index (χ0v) is 15.5. The second kappa shape index (κ2) is 7.34. The number of likely N-dealkylation sites (tertiary alicyclic amines) is 2. The van der Waals surface area contributed by atoms with Gasteiger partial charge in [-0.1, -0.05) is 30.3 Å². The van der Waals surface area contributed by atoms with Gasteiger partial charge < -0.3 is 9.80 Å². The van der Waals surface area contributed by atoms with Crippen molar-refractivity contribution in [3.05, 3.63) is 71.3 Å². The van der Waals surface area contributed by atoms with E-state index in [-0.39, 0.29) is 17.0 Å². The van der Waals surface area contributed by atoms with Crippen molar-refractivity contribution < 1.29 is 18.4 Å². The van der Waals surface area contributed by atoms with Crippen LogP contribution in [0, 0.1) is 11.6 Å². The Kier molecular flexibility index (Phi) is 4.87. The summed E-state index contributed by atoms with van der Waals surface area (Å²) < 4.78 is 27.4. The largest absolute Gasteiger partial charge is 0.338 e. The summed E-state index contributed by atoms with van der Waals surface area (Å²) in [6, 6.07) is 12.8. The van der Waals surface area contributed by atoms with Crippen LogP contribution in [0.15, 0.2) is 48.5 Å². The summed E-state index contributed by atoms with van der Waals surface area (Å²) in [7, 11) is 0. The van der Waals surface area contributed by atoms with Crippen LogP contribution in [0.5, 0.6) is 0 Å². The van der Waals surface area contributed by atoms with Gasteiger partial charge in [0.25, 0.3) is 5.91 Å². The minimum Gasteiger partial charge on any atom is -0.338 e. The molecule has 2 aromatic rings. The van der Waals surface area contributed by atoms with Gasteiger partial charge in [0, 0.05) is 31.6 Å². The number of hydrogen-bond donors (Lipinski definition) is 0. The first-order chi connectivity index (χ1) is 13.5. The summed E-state index contributed by atoms with van der Waals surface area (Å²) in [5.74, 6) is -1.70. The van der Waals surface area contributed by atoms with E-state index < -0.39 is 17.5 Å².